The van der Waals surface area contributed by atoms with Crippen LogP contribution in [0.15, 0.2) is 47.1 Å². The molecule has 7 heteroatoms. The van der Waals surface area contributed by atoms with Crippen molar-refractivity contribution in [2.24, 2.45) is 5.73 Å². The summed E-state index contributed by atoms with van der Waals surface area (Å²) in [5.41, 5.74) is 7.73. The Morgan fingerprint density at radius 3 is 2.48 bits per heavy atom. The van der Waals surface area contributed by atoms with Crippen LogP contribution in [0.3, 0.4) is 0 Å². The number of aryl methyl sites for hydroxylation is 1. The quantitative estimate of drug-likeness (QED) is 0.818. The van der Waals surface area contributed by atoms with Gasteiger partial charge in [0.2, 0.25) is 5.91 Å². The second-order valence-corrected chi connectivity index (χ2v) is 6.76. The molecule has 1 fully saturated rings. The molecule has 2 heterocycles. The number of nitrogens with two attached hydrogens (primary N) is 1. The van der Waals surface area contributed by atoms with Gasteiger partial charge in [0.1, 0.15) is 5.76 Å². The minimum Gasteiger partial charge on any atom is -0.469 e. The summed E-state index contributed by atoms with van der Waals surface area (Å²) in [6, 6.07) is 11.0. The van der Waals surface area contributed by atoms with Gasteiger partial charge in [-0.15, -0.1) is 12.4 Å². The molecule has 0 bridgehead atoms. The van der Waals surface area contributed by atoms with E-state index in [0.29, 0.717) is 30.8 Å². The summed E-state index contributed by atoms with van der Waals surface area (Å²) >= 11 is 0. The highest BCUT2D eigenvalue weighted by Crippen LogP contribution is 2.15. The summed E-state index contributed by atoms with van der Waals surface area (Å²) in [5.74, 6) is 0.466. The summed E-state index contributed by atoms with van der Waals surface area (Å²) in [4.78, 5) is 26.6. The van der Waals surface area contributed by atoms with Crippen LogP contribution in [0.25, 0.3) is 0 Å². The molecule has 1 atom stereocenters. The van der Waals surface area contributed by atoms with Crippen molar-refractivity contribution in [3.63, 3.8) is 0 Å². The summed E-state index contributed by atoms with van der Waals surface area (Å²) < 4.78 is 5.17. The van der Waals surface area contributed by atoms with Crippen LogP contribution in [0, 0.1) is 6.92 Å². The van der Waals surface area contributed by atoms with Crippen LogP contribution in [0.2, 0.25) is 0 Å². The van der Waals surface area contributed by atoms with E-state index in [1.54, 1.807) is 17.9 Å². The standard InChI is InChI=1S/C20H25N3O3.ClH/c1-14-17(9-12-26-14)19(24)22-16-7-10-23(11-8-16)20(25)18(21)13-15-5-3-2-4-6-15;/h2-6,9,12,16,18H,7-8,10-11,13,21H2,1H3,(H,22,24);1H/t18-;/m0./s1. The molecule has 2 aromatic rings. The van der Waals surface area contributed by atoms with Gasteiger partial charge in [0, 0.05) is 19.1 Å². The molecule has 0 radical (unpaired) electrons. The van der Waals surface area contributed by atoms with Crippen LogP contribution in [0.5, 0.6) is 0 Å². The Labute approximate surface area is 165 Å². The van der Waals surface area contributed by atoms with E-state index in [2.05, 4.69) is 5.32 Å². The fourth-order valence-electron chi connectivity index (χ4n) is 3.32. The fraction of sp³-hybridized carbons (Fsp3) is 0.400. The second-order valence-electron chi connectivity index (χ2n) is 6.76. The van der Waals surface area contributed by atoms with Crippen molar-refractivity contribution in [1.29, 1.82) is 0 Å². The number of likely N-dealkylation sites (tertiary alicyclic amines) is 1. The maximum Gasteiger partial charge on any atom is 0.255 e. The number of hydrogen-bond donors (Lipinski definition) is 2. The number of hydrogen-bond acceptors (Lipinski definition) is 4. The molecule has 6 nitrogen and oxygen atoms in total. The zero-order valence-electron chi connectivity index (χ0n) is 15.4. The minimum absolute atomic E-state index is 0. The Balaban J connectivity index is 0.00000261. The highest BCUT2D eigenvalue weighted by Gasteiger charge is 2.27. The van der Waals surface area contributed by atoms with Crippen LogP contribution < -0.4 is 11.1 Å². The summed E-state index contributed by atoms with van der Waals surface area (Å²) in [7, 11) is 0. The lowest BCUT2D eigenvalue weighted by molar-refractivity contribution is -0.133. The first-order chi connectivity index (χ1) is 12.5. The summed E-state index contributed by atoms with van der Waals surface area (Å²) in [6.07, 6.45) is 3.51. The van der Waals surface area contributed by atoms with Gasteiger partial charge in [-0.05, 0) is 37.8 Å². The molecule has 27 heavy (non-hydrogen) atoms. The van der Waals surface area contributed by atoms with Gasteiger partial charge < -0.3 is 20.4 Å². The number of piperidine rings is 1. The number of nitrogens with one attached hydrogen (secondary N) is 1. The van der Waals surface area contributed by atoms with E-state index < -0.39 is 6.04 Å². The Bertz CT molecular complexity index is 755. The Hall–Kier alpha value is -2.31. The SMILES string of the molecule is Cc1occc1C(=O)NC1CCN(C(=O)[C@@H](N)Cc2ccccc2)CC1.Cl. The molecule has 1 saturated heterocycles. The number of carbonyl (C=O) groups excluding carboxylic acids is 2. The van der Waals surface area contributed by atoms with E-state index in [0.717, 1.165) is 18.4 Å². The normalized spacial score (nSPS) is 15.7. The first kappa shape index (κ1) is 21.0. The monoisotopic (exact) mass is 391 g/mol. The van der Waals surface area contributed by atoms with Crippen molar-refractivity contribution >= 4 is 24.2 Å². The average molecular weight is 392 g/mol. The van der Waals surface area contributed by atoms with E-state index in [4.69, 9.17) is 10.2 Å². The molecule has 1 aliphatic heterocycles. The molecule has 0 saturated carbocycles. The first-order valence-corrected chi connectivity index (χ1v) is 8.98. The third kappa shape index (κ3) is 5.34. The third-order valence-electron chi connectivity index (χ3n) is 4.86. The van der Waals surface area contributed by atoms with Crippen molar-refractivity contribution in [3.05, 3.63) is 59.5 Å². The number of benzene rings is 1. The predicted molar refractivity (Wildman–Crippen MR) is 106 cm³/mol. The smallest absolute Gasteiger partial charge is 0.255 e. The van der Waals surface area contributed by atoms with E-state index in [1.807, 2.05) is 30.3 Å². The van der Waals surface area contributed by atoms with Crippen molar-refractivity contribution in [3.8, 4) is 0 Å². The van der Waals surface area contributed by atoms with Crippen LogP contribution in [0.4, 0.5) is 0 Å². The highest BCUT2D eigenvalue weighted by atomic mass is 35.5. The molecular formula is C20H26ClN3O3. The number of amides is 2. The van der Waals surface area contributed by atoms with E-state index in [-0.39, 0.29) is 30.3 Å². The van der Waals surface area contributed by atoms with E-state index in [9.17, 15) is 9.59 Å². The number of nitrogens with zero attached hydrogens (tertiary/aromatic N) is 1. The molecule has 3 rings (SSSR count). The van der Waals surface area contributed by atoms with Gasteiger partial charge >= 0.3 is 0 Å². The molecule has 3 N–H and O–H groups in total. The number of furan rings is 1. The van der Waals surface area contributed by atoms with Crippen LogP contribution in [-0.4, -0.2) is 41.9 Å². The van der Waals surface area contributed by atoms with Crippen molar-refractivity contribution in [2.45, 2.75) is 38.3 Å². The summed E-state index contributed by atoms with van der Waals surface area (Å²) in [5, 5.41) is 3.02. The van der Waals surface area contributed by atoms with Gasteiger partial charge in [0.05, 0.1) is 17.9 Å². The van der Waals surface area contributed by atoms with Crippen LogP contribution in [0.1, 0.15) is 34.5 Å². The van der Waals surface area contributed by atoms with Gasteiger partial charge in [0.15, 0.2) is 0 Å². The molecule has 2 amide bonds. The van der Waals surface area contributed by atoms with Gasteiger partial charge in [-0.1, -0.05) is 30.3 Å². The molecule has 1 aromatic carbocycles. The van der Waals surface area contributed by atoms with Crippen LogP contribution in [-0.2, 0) is 11.2 Å². The fourth-order valence-corrected chi connectivity index (χ4v) is 3.32. The molecule has 1 aromatic heterocycles. The van der Waals surface area contributed by atoms with Gasteiger partial charge in [0.25, 0.3) is 5.91 Å². The van der Waals surface area contributed by atoms with Gasteiger partial charge in [-0.3, -0.25) is 9.59 Å². The van der Waals surface area contributed by atoms with Crippen molar-refractivity contribution in [2.75, 3.05) is 13.1 Å². The Kier molecular flexibility index (Phi) is 7.45. The molecule has 0 spiro atoms. The molecule has 0 aliphatic carbocycles. The lowest BCUT2D eigenvalue weighted by atomic mass is 10.0. The molecule has 1 aliphatic rings. The summed E-state index contributed by atoms with van der Waals surface area (Å²) in [6.45, 7) is 2.98. The number of halogens is 1. The number of carbonyl (C=O) groups is 2. The minimum atomic E-state index is -0.530. The Morgan fingerprint density at radius 2 is 1.89 bits per heavy atom. The first-order valence-electron chi connectivity index (χ1n) is 8.98. The lowest BCUT2D eigenvalue weighted by Gasteiger charge is -2.33. The zero-order chi connectivity index (χ0) is 18.5. The van der Waals surface area contributed by atoms with Crippen LogP contribution >= 0.6 is 12.4 Å². The zero-order valence-corrected chi connectivity index (χ0v) is 16.2. The second kappa shape index (κ2) is 9.58. The number of rotatable bonds is 5. The van der Waals surface area contributed by atoms with E-state index in [1.165, 1.54) is 6.26 Å². The molecule has 0 unspecified atom stereocenters. The lowest BCUT2D eigenvalue weighted by Crippen LogP contribution is -2.51. The van der Waals surface area contributed by atoms with Crippen molar-refractivity contribution in [1.82, 2.24) is 10.2 Å². The predicted octanol–water partition coefficient (Wildman–Crippen LogP) is 2.30. The maximum absolute atomic E-state index is 12.6. The van der Waals surface area contributed by atoms with Gasteiger partial charge in [-0.25, -0.2) is 0 Å². The van der Waals surface area contributed by atoms with Gasteiger partial charge in [-0.2, -0.15) is 0 Å². The average Bonchev–Trinajstić information content (AvgIpc) is 3.08. The molecule has 146 valence electrons. The largest absolute Gasteiger partial charge is 0.469 e. The topological polar surface area (TPSA) is 88.6 Å². The highest BCUT2D eigenvalue weighted by molar-refractivity contribution is 5.95. The van der Waals surface area contributed by atoms with Crippen molar-refractivity contribution < 1.29 is 14.0 Å². The molecular weight excluding hydrogens is 366 g/mol. The maximum atomic E-state index is 12.6. The van der Waals surface area contributed by atoms with E-state index >= 15 is 0 Å². The Morgan fingerprint density at radius 1 is 1.22 bits per heavy atom. The third-order valence-corrected chi connectivity index (χ3v) is 4.86.